The normalized spacial score (nSPS) is 21.0. The highest BCUT2D eigenvalue weighted by molar-refractivity contribution is 5.94. The Morgan fingerprint density at radius 1 is 1.15 bits per heavy atom. The molecule has 1 aliphatic carbocycles. The summed E-state index contributed by atoms with van der Waals surface area (Å²) in [7, 11) is 2.21. The van der Waals surface area contributed by atoms with Crippen LogP contribution >= 0.6 is 0 Å². The number of rotatable bonds is 3. The van der Waals surface area contributed by atoms with Crippen LogP contribution < -0.4 is 5.32 Å². The average Bonchev–Trinajstić information content (AvgIpc) is 3.21. The minimum atomic E-state index is 0.0263. The maximum Gasteiger partial charge on any atom is 0.251 e. The van der Waals surface area contributed by atoms with E-state index in [1.807, 2.05) is 24.3 Å². The first-order valence-corrected chi connectivity index (χ1v) is 9.62. The fraction of sp³-hybridized carbons (Fsp3) is 0.524. The third-order valence-corrected chi connectivity index (χ3v) is 6.29. The molecule has 0 radical (unpaired) electrons. The zero-order valence-corrected chi connectivity index (χ0v) is 15.4. The zero-order valence-electron chi connectivity index (χ0n) is 15.4. The van der Waals surface area contributed by atoms with E-state index in [1.165, 1.54) is 45.2 Å². The van der Waals surface area contributed by atoms with Gasteiger partial charge in [0.2, 0.25) is 0 Å². The fourth-order valence-electron chi connectivity index (χ4n) is 4.38. The summed E-state index contributed by atoms with van der Waals surface area (Å²) in [6.07, 6.45) is 10.4. The van der Waals surface area contributed by atoms with Crippen LogP contribution in [0.2, 0.25) is 0 Å². The lowest BCUT2D eigenvalue weighted by Crippen LogP contribution is -2.44. The second kappa shape index (κ2) is 7.23. The van der Waals surface area contributed by atoms with Crippen molar-refractivity contribution in [2.45, 2.75) is 44.6 Å². The van der Waals surface area contributed by atoms with Crippen LogP contribution in [0.1, 0.15) is 48.9 Å². The van der Waals surface area contributed by atoms with Crippen LogP contribution in [0.15, 0.2) is 41.3 Å². The first-order chi connectivity index (χ1) is 12.6. The number of carbonyl (C=O) groups excluding carboxylic acids is 1. The van der Waals surface area contributed by atoms with Crippen molar-refractivity contribution in [3.05, 3.63) is 42.4 Å². The molecule has 2 heterocycles. The molecule has 1 saturated carbocycles. The van der Waals surface area contributed by atoms with Crippen molar-refractivity contribution in [2.24, 2.45) is 5.41 Å². The molecule has 1 saturated heterocycles. The topological polar surface area (TPSA) is 58.4 Å². The van der Waals surface area contributed by atoms with Crippen LogP contribution in [0.5, 0.6) is 0 Å². The molecular weight excluding hydrogens is 326 g/mol. The van der Waals surface area contributed by atoms with E-state index < -0.39 is 0 Å². The molecule has 0 unspecified atom stereocenters. The van der Waals surface area contributed by atoms with Gasteiger partial charge in [-0.2, -0.15) is 0 Å². The molecule has 138 valence electrons. The summed E-state index contributed by atoms with van der Waals surface area (Å²) in [6.45, 7) is 2.43. The van der Waals surface area contributed by atoms with Crippen molar-refractivity contribution < 1.29 is 9.21 Å². The van der Waals surface area contributed by atoms with Gasteiger partial charge in [-0.05, 0) is 76.2 Å². The average molecular weight is 353 g/mol. The molecule has 0 atom stereocenters. The number of aromatic nitrogens is 1. The van der Waals surface area contributed by atoms with E-state index in [0.717, 1.165) is 18.4 Å². The Bertz CT molecular complexity index is 721. The zero-order chi connectivity index (χ0) is 18.0. The van der Waals surface area contributed by atoms with Crippen LogP contribution in [0.25, 0.3) is 11.3 Å². The second-order valence-electron chi connectivity index (χ2n) is 7.99. The largest absolute Gasteiger partial charge is 0.444 e. The van der Waals surface area contributed by atoms with Crippen molar-refractivity contribution in [2.75, 3.05) is 20.1 Å². The molecule has 0 bridgehead atoms. The molecule has 1 N–H and O–H groups in total. The fourth-order valence-corrected chi connectivity index (χ4v) is 4.38. The molecule has 5 heteroatoms. The number of hydrogen-bond donors (Lipinski definition) is 1. The molecule has 26 heavy (non-hydrogen) atoms. The molecule has 1 amide bonds. The number of nitrogens with zero attached hydrogens (tertiary/aromatic N) is 2. The summed E-state index contributed by atoms with van der Waals surface area (Å²) in [4.78, 5) is 18.9. The molecule has 1 aromatic carbocycles. The van der Waals surface area contributed by atoms with Crippen LogP contribution in [-0.4, -0.2) is 42.0 Å². The number of benzene rings is 1. The van der Waals surface area contributed by atoms with E-state index in [9.17, 15) is 4.79 Å². The maximum atomic E-state index is 12.6. The van der Waals surface area contributed by atoms with Gasteiger partial charge < -0.3 is 14.6 Å². The Morgan fingerprint density at radius 3 is 2.46 bits per heavy atom. The first-order valence-electron chi connectivity index (χ1n) is 9.62. The third-order valence-electron chi connectivity index (χ3n) is 6.29. The number of nitrogens with one attached hydrogen (secondary N) is 1. The Balaban J connectivity index is 1.31. The van der Waals surface area contributed by atoms with Gasteiger partial charge in [0.15, 0.2) is 12.2 Å². The summed E-state index contributed by atoms with van der Waals surface area (Å²) in [6, 6.07) is 7.83. The van der Waals surface area contributed by atoms with E-state index in [2.05, 4.69) is 22.2 Å². The number of amides is 1. The van der Waals surface area contributed by atoms with Gasteiger partial charge in [0.1, 0.15) is 0 Å². The number of piperidine rings is 1. The van der Waals surface area contributed by atoms with Gasteiger partial charge in [-0.3, -0.25) is 4.79 Å². The van der Waals surface area contributed by atoms with Crippen molar-refractivity contribution in [1.29, 1.82) is 0 Å². The molecule has 1 aliphatic heterocycles. The summed E-state index contributed by atoms with van der Waals surface area (Å²) < 4.78 is 5.29. The summed E-state index contributed by atoms with van der Waals surface area (Å²) in [5, 5.41) is 3.24. The standard InChI is InChI=1S/C21H27N3O2/c1-24-12-10-21(11-13-24)8-6-18(7-9-21)23-20(25)17-4-2-16(3-5-17)19-14-22-15-26-19/h2-5,14-15,18H,6-13H2,1H3,(H,23,25). The van der Waals surface area contributed by atoms with Crippen molar-refractivity contribution in [1.82, 2.24) is 15.2 Å². The van der Waals surface area contributed by atoms with Gasteiger partial charge in [0.05, 0.1) is 6.20 Å². The second-order valence-corrected chi connectivity index (χ2v) is 7.99. The Morgan fingerprint density at radius 2 is 1.85 bits per heavy atom. The van der Waals surface area contributed by atoms with Crippen LogP contribution in [0.4, 0.5) is 0 Å². The minimum absolute atomic E-state index is 0.0263. The van der Waals surface area contributed by atoms with Gasteiger partial charge in [0.25, 0.3) is 5.91 Å². The van der Waals surface area contributed by atoms with E-state index in [0.29, 0.717) is 22.8 Å². The van der Waals surface area contributed by atoms with E-state index in [4.69, 9.17) is 4.42 Å². The molecule has 2 fully saturated rings. The predicted octanol–water partition coefficient (Wildman–Crippen LogP) is 3.73. The summed E-state index contributed by atoms with van der Waals surface area (Å²) >= 11 is 0. The summed E-state index contributed by atoms with van der Waals surface area (Å²) in [5.74, 6) is 0.742. The monoisotopic (exact) mass is 353 g/mol. The predicted molar refractivity (Wildman–Crippen MR) is 101 cm³/mol. The van der Waals surface area contributed by atoms with Crippen LogP contribution in [0.3, 0.4) is 0 Å². The van der Waals surface area contributed by atoms with Gasteiger partial charge in [0, 0.05) is 17.2 Å². The van der Waals surface area contributed by atoms with E-state index in [1.54, 1.807) is 6.20 Å². The van der Waals surface area contributed by atoms with Gasteiger partial charge >= 0.3 is 0 Å². The number of hydrogen-bond acceptors (Lipinski definition) is 4. The van der Waals surface area contributed by atoms with Crippen molar-refractivity contribution >= 4 is 5.91 Å². The van der Waals surface area contributed by atoms with E-state index >= 15 is 0 Å². The Labute approximate surface area is 154 Å². The molecule has 1 spiro atoms. The van der Waals surface area contributed by atoms with Crippen molar-refractivity contribution in [3.63, 3.8) is 0 Å². The smallest absolute Gasteiger partial charge is 0.251 e. The van der Waals surface area contributed by atoms with Gasteiger partial charge in [-0.25, -0.2) is 4.98 Å². The molecule has 5 nitrogen and oxygen atoms in total. The van der Waals surface area contributed by atoms with Gasteiger partial charge in [-0.15, -0.1) is 0 Å². The molecule has 4 rings (SSSR count). The molecular formula is C21H27N3O2. The Hall–Kier alpha value is -2.14. The lowest BCUT2D eigenvalue weighted by molar-refractivity contribution is 0.0654. The molecule has 1 aromatic heterocycles. The summed E-state index contributed by atoms with van der Waals surface area (Å²) in [5.41, 5.74) is 2.17. The van der Waals surface area contributed by atoms with Gasteiger partial charge in [-0.1, -0.05) is 12.1 Å². The Kier molecular flexibility index (Phi) is 4.81. The number of carbonyl (C=O) groups is 1. The lowest BCUT2D eigenvalue weighted by atomic mass is 9.67. The van der Waals surface area contributed by atoms with Crippen molar-refractivity contribution in [3.8, 4) is 11.3 Å². The highest BCUT2D eigenvalue weighted by Crippen LogP contribution is 2.44. The lowest BCUT2D eigenvalue weighted by Gasteiger charge is -2.45. The minimum Gasteiger partial charge on any atom is -0.444 e. The number of oxazole rings is 1. The third kappa shape index (κ3) is 3.68. The quantitative estimate of drug-likeness (QED) is 0.913. The highest BCUT2D eigenvalue weighted by Gasteiger charge is 2.37. The van der Waals surface area contributed by atoms with Crippen LogP contribution in [0, 0.1) is 5.41 Å². The molecule has 2 aliphatic rings. The first kappa shape index (κ1) is 17.3. The highest BCUT2D eigenvalue weighted by atomic mass is 16.3. The maximum absolute atomic E-state index is 12.6. The number of likely N-dealkylation sites (tertiary alicyclic amines) is 1. The van der Waals surface area contributed by atoms with Crippen LogP contribution in [-0.2, 0) is 0 Å². The van der Waals surface area contributed by atoms with E-state index in [-0.39, 0.29) is 5.91 Å². The molecule has 2 aromatic rings. The SMILES string of the molecule is CN1CCC2(CCC(NC(=O)c3ccc(-c4cnco4)cc3)CC2)CC1.